The Morgan fingerprint density at radius 1 is 1.35 bits per heavy atom. The Balaban J connectivity index is 2.40. The van der Waals surface area contributed by atoms with Crippen LogP contribution in [-0.4, -0.2) is 29.7 Å². The van der Waals surface area contributed by atoms with E-state index in [4.69, 9.17) is 10.8 Å². The summed E-state index contributed by atoms with van der Waals surface area (Å²) >= 11 is 0. The fourth-order valence-corrected chi connectivity index (χ4v) is 1.02. The number of carbonyl (C=O) groups excluding carboxylic acids is 1. The molecular formula is C12H13NO4. The summed E-state index contributed by atoms with van der Waals surface area (Å²) in [6.07, 6.45) is 2.80. The molecule has 0 saturated carbocycles. The van der Waals surface area contributed by atoms with Gasteiger partial charge in [0.25, 0.3) is 0 Å². The van der Waals surface area contributed by atoms with Crippen molar-refractivity contribution in [3.63, 3.8) is 0 Å². The van der Waals surface area contributed by atoms with Gasteiger partial charge in [0.15, 0.2) is 0 Å². The number of benzene rings is 1. The van der Waals surface area contributed by atoms with Crippen molar-refractivity contribution in [2.45, 2.75) is 6.04 Å². The van der Waals surface area contributed by atoms with Crippen molar-refractivity contribution in [2.75, 3.05) is 6.61 Å². The molecule has 3 N–H and O–H groups in total. The molecule has 0 aromatic heterocycles. The highest BCUT2D eigenvalue weighted by atomic mass is 16.5. The minimum atomic E-state index is -1.20. The van der Waals surface area contributed by atoms with Crippen LogP contribution in [0.4, 0.5) is 0 Å². The third kappa shape index (κ3) is 4.94. The SMILES string of the molecule is N[C@@H](COC(=O)C=Cc1ccccc1)C(=O)O. The molecule has 1 atom stereocenters. The van der Waals surface area contributed by atoms with E-state index in [-0.39, 0.29) is 6.61 Å². The molecule has 0 aliphatic heterocycles. The first-order valence-corrected chi connectivity index (χ1v) is 4.98. The Labute approximate surface area is 98.5 Å². The molecule has 0 bridgehead atoms. The van der Waals surface area contributed by atoms with Crippen molar-refractivity contribution in [1.29, 1.82) is 0 Å². The van der Waals surface area contributed by atoms with Gasteiger partial charge < -0.3 is 15.6 Å². The van der Waals surface area contributed by atoms with Crippen molar-refractivity contribution in [2.24, 2.45) is 5.73 Å². The summed E-state index contributed by atoms with van der Waals surface area (Å²) < 4.78 is 4.66. The van der Waals surface area contributed by atoms with Crippen molar-refractivity contribution in [1.82, 2.24) is 0 Å². The van der Waals surface area contributed by atoms with Crippen molar-refractivity contribution in [3.8, 4) is 0 Å². The zero-order valence-electron chi connectivity index (χ0n) is 9.08. The number of carbonyl (C=O) groups is 2. The molecule has 17 heavy (non-hydrogen) atoms. The number of hydrogen-bond donors (Lipinski definition) is 2. The quantitative estimate of drug-likeness (QED) is 0.578. The highest BCUT2D eigenvalue weighted by molar-refractivity contribution is 5.87. The van der Waals surface area contributed by atoms with Gasteiger partial charge in [0.05, 0.1) is 0 Å². The van der Waals surface area contributed by atoms with Gasteiger partial charge in [-0.25, -0.2) is 4.79 Å². The average molecular weight is 235 g/mol. The standard InChI is InChI=1S/C12H13NO4/c13-10(12(15)16)8-17-11(14)7-6-9-4-2-1-3-5-9/h1-7,10H,8,13H2,(H,15,16)/t10-/m0/s1. The van der Waals surface area contributed by atoms with Gasteiger partial charge in [-0.1, -0.05) is 30.3 Å². The van der Waals surface area contributed by atoms with Gasteiger partial charge >= 0.3 is 11.9 Å². The van der Waals surface area contributed by atoms with Crippen LogP contribution < -0.4 is 5.73 Å². The summed E-state index contributed by atoms with van der Waals surface area (Å²) in [5, 5.41) is 8.47. The van der Waals surface area contributed by atoms with Crippen LogP contribution in [-0.2, 0) is 14.3 Å². The van der Waals surface area contributed by atoms with E-state index in [9.17, 15) is 9.59 Å². The third-order valence-electron chi connectivity index (χ3n) is 1.93. The fourth-order valence-electron chi connectivity index (χ4n) is 1.02. The van der Waals surface area contributed by atoms with Crippen LogP contribution in [0.15, 0.2) is 36.4 Å². The first kappa shape index (κ1) is 12.9. The summed E-state index contributed by atoms with van der Waals surface area (Å²) in [4.78, 5) is 21.5. The number of esters is 1. The molecule has 5 nitrogen and oxygen atoms in total. The van der Waals surface area contributed by atoms with Crippen LogP contribution in [0.1, 0.15) is 5.56 Å². The highest BCUT2D eigenvalue weighted by Crippen LogP contribution is 2.01. The zero-order chi connectivity index (χ0) is 12.7. The lowest BCUT2D eigenvalue weighted by Crippen LogP contribution is -2.35. The molecule has 0 unspecified atom stereocenters. The number of rotatable bonds is 5. The van der Waals surface area contributed by atoms with E-state index in [1.807, 2.05) is 30.3 Å². The molecule has 0 saturated heterocycles. The molecule has 1 aromatic rings. The Hall–Kier alpha value is -2.14. The van der Waals surface area contributed by atoms with Gasteiger partial charge in [0, 0.05) is 6.08 Å². The lowest BCUT2D eigenvalue weighted by Gasteiger charge is -2.05. The predicted molar refractivity (Wildman–Crippen MR) is 62.0 cm³/mol. The molecule has 0 radical (unpaired) electrons. The predicted octanol–water partition coefficient (Wildman–Crippen LogP) is 0.655. The first-order valence-electron chi connectivity index (χ1n) is 4.98. The van der Waals surface area contributed by atoms with E-state index in [2.05, 4.69) is 4.74 Å². The Bertz CT molecular complexity index is 414. The molecule has 5 heteroatoms. The number of hydrogen-bond acceptors (Lipinski definition) is 4. The first-order chi connectivity index (χ1) is 8.09. The smallest absolute Gasteiger partial charge is 0.330 e. The molecule has 0 spiro atoms. The monoisotopic (exact) mass is 235 g/mol. The maximum Gasteiger partial charge on any atom is 0.330 e. The van der Waals surface area contributed by atoms with E-state index < -0.39 is 18.0 Å². The maximum absolute atomic E-state index is 11.2. The van der Waals surface area contributed by atoms with E-state index >= 15 is 0 Å². The van der Waals surface area contributed by atoms with Gasteiger partial charge in [0.2, 0.25) is 0 Å². The number of nitrogens with two attached hydrogens (primary N) is 1. The van der Waals surface area contributed by atoms with Crippen LogP contribution in [0.5, 0.6) is 0 Å². The topological polar surface area (TPSA) is 89.6 Å². The normalized spacial score (nSPS) is 12.3. The van der Waals surface area contributed by atoms with Crippen molar-refractivity contribution >= 4 is 18.0 Å². The summed E-state index contributed by atoms with van der Waals surface area (Å²) in [6, 6.07) is 8.00. The average Bonchev–Trinajstić information content (AvgIpc) is 2.34. The minimum absolute atomic E-state index is 0.340. The zero-order valence-corrected chi connectivity index (χ0v) is 9.08. The maximum atomic E-state index is 11.2. The van der Waals surface area contributed by atoms with Gasteiger partial charge in [-0.15, -0.1) is 0 Å². The molecular weight excluding hydrogens is 222 g/mol. The molecule has 0 amide bonds. The number of aliphatic carboxylic acids is 1. The van der Waals surface area contributed by atoms with E-state index in [1.165, 1.54) is 6.08 Å². The lowest BCUT2D eigenvalue weighted by molar-refractivity contribution is -0.144. The summed E-state index contributed by atoms with van der Waals surface area (Å²) in [7, 11) is 0. The van der Waals surface area contributed by atoms with E-state index in [1.54, 1.807) is 6.08 Å². The van der Waals surface area contributed by atoms with E-state index in [0.717, 1.165) is 5.56 Å². The molecule has 0 aliphatic rings. The molecule has 0 fully saturated rings. The Morgan fingerprint density at radius 3 is 2.59 bits per heavy atom. The van der Waals surface area contributed by atoms with Crippen LogP contribution >= 0.6 is 0 Å². The van der Waals surface area contributed by atoms with Crippen LogP contribution in [0.3, 0.4) is 0 Å². The molecule has 0 heterocycles. The van der Waals surface area contributed by atoms with Crippen LogP contribution in [0.2, 0.25) is 0 Å². The second-order valence-corrected chi connectivity index (χ2v) is 3.32. The third-order valence-corrected chi connectivity index (χ3v) is 1.93. The minimum Gasteiger partial charge on any atom is -0.480 e. The fraction of sp³-hybridized carbons (Fsp3) is 0.167. The van der Waals surface area contributed by atoms with E-state index in [0.29, 0.717) is 0 Å². The van der Waals surface area contributed by atoms with Crippen LogP contribution in [0.25, 0.3) is 6.08 Å². The molecule has 90 valence electrons. The van der Waals surface area contributed by atoms with Gasteiger partial charge in [-0.05, 0) is 11.6 Å². The van der Waals surface area contributed by atoms with Crippen molar-refractivity contribution in [3.05, 3.63) is 42.0 Å². The highest BCUT2D eigenvalue weighted by Gasteiger charge is 2.12. The van der Waals surface area contributed by atoms with Gasteiger partial charge in [-0.3, -0.25) is 4.79 Å². The Morgan fingerprint density at radius 2 is 2.00 bits per heavy atom. The molecule has 1 rings (SSSR count). The van der Waals surface area contributed by atoms with Gasteiger partial charge in [-0.2, -0.15) is 0 Å². The number of carboxylic acids is 1. The summed E-state index contributed by atoms with van der Waals surface area (Å²) in [5.41, 5.74) is 6.02. The second kappa shape index (κ2) is 6.44. The Kier molecular flexibility index (Phi) is 4.90. The largest absolute Gasteiger partial charge is 0.480 e. The number of carboxylic acid groups (broad SMARTS) is 1. The lowest BCUT2D eigenvalue weighted by atomic mass is 10.2. The number of ether oxygens (including phenoxy) is 1. The summed E-state index contributed by atoms with van der Waals surface area (Å²) in [5.74, 6) is -1.82. The van der Waals surface area contributed by atoms with Gasteiger partial charge in [0.1, 0.15) is 12.6 Å². The summed E-state index contributed by atoms with van der Waals surface area (Å²) in [6.45, 7) is -0.340. The van der Waals surface area contributed by atoms with Crippen LogP contribution in [0, 0.1) is 0 Å². The molecule has 1 aromatic carbocycles. The molecule has 0 aliphatic carbocycles. The second-order valence-electron chi connectivity index (χ2n) is 3.32. The van der Waals surface area contributed by atoms with Crippen molar-refractivity contribution < 1.29 is 19.4 Å².